The number of hydrogen-bond donors (Lipinski definition) is 1. The van der Waals surface area contributed by atoms with E-state index in [2.05, 4.69) is 4.98 Å². The number of hydrogen-bond acceptors (Lipinski definition) is 4. The van der Waals surface area contributed by atoms with Crippen LogP contribution in [0.3, 0.4) is 0 Å². The molecule has 0 radical (unpaired) electrons. The highest BCUT2D eigenvalue weighted by atomic mass is 35.5. The summed E-state index contributed by atoms with van der Waals surface area (Å²) in [6.07, 6.45) is 0. The minimum absolute atomic E-state index is 0. The first kappa shape index (κ1) is 15.4. The summed E-state index contributed by atoms with van der Waals surface area (Å²) in [6.45, 7) is 5.87. The largest absolute Gasteiger partial charge is 0.478 e. The first-order valence-electron chi connectivity index (χ1n) is 6.46. The molecule has 0 amide bonds. The zero-order valence-corrected chi connectivity index (χ0v) is 12.8. The van der Waals surface area contributed by atoms with Crippen LogP contribution in [-0.4, -0.2) is 22.9 Å². The molecule has 0 fully saturated rings. The Morgan fingerprint density at radius 2 is 1.90 bits per heavy atom. The van der Waals surface area contributed by atoms with Crippen molar-refractivity contribution in [3.05, 3.63) is 29.0 Å². The number of rotatable bonds is 2. The van der Waals surface area contributed by atoms with E-state index >= 15 is 0 Å². The van der Waals surface area contributed by atoms with Crippen molar-refractivity contribution in [2.24, 2.45) is 0 Å². The number of ether oxygens (including phenoxy) is 2. The van der Waals surface area contributed by atoms with Crippen LogP contribution in [0.2, 0.25) is 0 Å². The van der Waals surface area contributed by atoms with E-state index in [9.17, 15) is 9.90 Å². The number of benzene rings is 1. The van der Waals surface area contributed by atoms with Gasteiger partial charge in [0.2, 0.25) is 6.79 Å². The van der Waals surface area contributed by atoms with Crippen molar-refractivity contribution in [3.63, 3.8) is 0 Å². The number of pyridine rings is 1. The van der Waals surface area contributed by atoms with Gasteiger partial charge in [-0.3, -0.25) is 4.98 Å². The molecule has 0 bridgehead atoms. The van der Waals surface area contributed by atoms with Crippen molar-refractivity contribution in [2.45, 2.75) is 26.7 Å². The van der Waals surface area contributed by atoms with Gasteiger partial charge < -0.3 is 14.6 Å². The lowest BCUT2D eigenvalue weighted by Crippen LogP contribution is -2.10. The Bertz CT molecular complexity index is 727. The summed E-state index contributed by atoms with van der Waals surface area (Å²) in [5.74, 6) is 0.381. The number of aryl methyl sites for hydroxylation is 1. The van der Waals surface area contributed by atoms with Gasteiger partial charge in [0.15, 0.2) is 11.5 Å². The summed E-state index contributed by atoms with van der Waals surface area (Å²) in [6, 6.07) is 3.61. The number of fused-ring (bicyclic) bond motifs is 2. The van der Waals surface area contributed by atoms with Crippen LogP contribution in [0.4, 0.5) is 0 Å². The summed E-state index contributed by atoms with van der Waals surface area (Å²) < 4.78 is 10.7. The molecule has 1 aromatic carbocycles. The van der Waals surface area contributed by atoms with E-state index in [0.717, 1.165) is 10.9 Å². The van der Waals surface area contributed by atoms with Crippen LogP contribution in [0, 0.1) is 6.92 Å². The molecule has 2 heterocycles. The molecule has 1 aliphatic rings. The van der Waals surface area contributed by atoms with Crippen LogP contribution >= 0.6 is 12.4 Å². The fraction of sp³-hybridized carbons (Fsp3) is 0.333. The summed E-state index contributed by atoms with van der Waals surface area (Å²) in [7, 11) is 0. The molecular weight excluding hydrogens is 294 g/mol. The summed E-state index contributed by atoms with van der Waals surface area (Å²) in [4.78, 5) is 16.0. The van der Waals surface area contributed by atoms with Crippen LogP contribution in [-0.2, 0) is 0 Å². The molecule has 3 rings (SSSR count). The molecule has 1 N–H and O–H groups in total. The Kier molecular flexibility index (Phi) is 3.96. The van der Waals surface area contributed by atoms with E-state index in [1.54, 1.807) is 6.07 Å². The maximum Gasteiger partial charge on any atom is 0.337 e. The highest BCUT2D eigenvalue weighted by Crippen LogP contribution is 2.38. The molecule has 0 aliphatic carbocycles. The third-order valence-electron chi connectivity index (χ3n) is 3.53. The predicted molar refractivity (Wildman–Crippen MR) is 80.9 cm³/mol. The molecular formula is C15H16ClNO4. The Morgan fingerprint density at radius 1 is 1.29 bits per heavy atom. The van der Waals surface area contributed by atoms with Gasteiger partial charge >= 0.3 is 5.97 Å². The van der Waals surface area contributed by atoms with Crippen molar-refractivity contribution < 1.29 is 19.4 Å². The third-order valence-corrected chi connectivity index (χ3v) is 3.53. The Labute approximate surface area is 128 Å². The van der Waals surface area contributed by atoms with E-state index in [-0.39, 0.29) is 30.7 Å². The maximum atomic E-state index is 11.5. The van der Waals surface area contributed by atoms with E-state index in [1.165, 1.54) is 0 Å². The molecule has 112 valence electrons. The van der Waals surface area contributed by atoms with E-state index in [4.69, 9.17) is 9.47 Å². The fourth-order valence-corrected chi connectivity index (χ4v) is 2.52. The van der Waals surface area contributed by atoms with Crippen molar-refractivity contribution in [2.75, 3.05) is 6.79 Å². The Morgan fingerprint density at radius 3 is 2.48 bits per heavy atom. The average Bonchev–Trinajstić information content (AvgIpc) is 2.82. The van der Waals surface area contributed by atoms with Gasteiger partial charge in [-0.15, -0.1) is 12.4 Å². The van der Waals surface area contributed by atoms with E-state index < -0.39 is 5.97 Å². The lowest BCUT2D eigenvalue weighted by Gasteiger charge is -2.14. The number of nitrogens with zero attached hydrogens (tertiary/aromatic N) is 1. The average molecular weight is 310 g/mol. The van der Waals surface area contributed by atoms with Crippen LogP contribution < -0.4 is 9.47 Å². The zero-order chi connectivity index (χ0) is 14.4. The van der Waals surface area contributed by atoms with Gasteiger partial charge in [0.25, 0.3) is 0 Å². The second-order valence-corrected chi connectivity index (χ2v) is 5.18. The Hall–Kier alpha value is -2.01. The van der Waals surface area contributed by atoms with Crippen LogP contribution in [0.15, 0.2) is 12.1 Å². The summed E-state index contributed by atoms with van der Waals surface area (Å²) in [5, 5.41) is 10.2. The molecule has 6 heteroatoms. The second kappa shape index (κ2) is 5.41. The first-order chi connectivity index (χ1) is 9.49. The second-order valence-electron chi connectivity index (χ2n) is 5.18. The maximum absolute atomic E-state index is 11.5. The summed E-state index contributed by atoms with van der Waals surface area (Å²) in [5.41, 5.74) is 2.33. The van der Waals surface area contributed by atoms with Crippen LogP contribution in [0.1, 0.15) is 41.4 Å². The van der Waals surface area contributed by atoms with Gasteiger partial charge in [0, 0.05) is 11.5 Å². The van der Waals surface area contributed by atoms with Gasteiger partial charge in [0.05, 0.1) is 16.8 Å². The number of halogens is 1. The number of carbonyl (C=O) groups is 1. The highest BCUT2D eigenvalue weighted by Gasteiger charge is 2.22. The van der Waals surface area contributed by atoms with Crippen molar-refractivity contribution in [3.8, 4) is 11.5 Å². The van der Waals surface area contributed by atoms with Crippen LogP contribution in [0.5, 0.6) is 11.5 Å². The van der Waals surface area contributed by atoms with Gasteiger partial charge in [0.1, 0.15) is 0 Å². The van der Waals surface area contributed by atoms with E-state index in [0.29, 0.717) is 22.8 Å². The molecule has 5 nitrogen and oxygen atoms in total. The van der Waals surface area contributed by atoms with Crippen molar-refractivity contribution >= 4 is 29.3 Å². The topological polar surface area (TPSA) is 68.7 Å². The molecule has 0 atom stereocenters. The quantitative estimate of drug-likeness (QED) is 0.919. The molecule has 2 aromatic rings. The molecule has 0 saturated heterocycles. The molecule has 0 unspecified atom stereocenters. The molecule has 1 aliphatic heterocycles. The normalized spacial score (nSPS) is 12.6. The molecule has 1 aromatic heterocycles. The first-order valence-corrected chi connectivity index (χ1v) is 6.46. The van der Waals surface area contributed by atoms with Gasteiger partial charge in [-0.1, -0.05) is 13.8 Å². The minimum atomic E-state index is -0.946. The van der Waals surface area contributed by atoms with Gasteiger partial charge in [-0.05, 0) is 24.5 Å². The van der Waals surface area contributed by atoms with Gasteiger partial charge in [-0.25, -0.2) is 4.79 Å². The van der Waals surface area contributed by atoms with Crippen molar-refractivity contribution in [1.29, 1.82) is 0 Å². The smallest absolute Gasteiger partial charge is 0.337 e. The van der Waals surface area contributed by atoms with Gasteiger partial charge in [-0.2, -0.15) is 0 Å². The van der Waals surface area contributed by atoms with Crippen LogP contribution in [0.25, 0.3) is 10.9 Å². The Balaban J connectivity index is 0.00000161. The third kappa shape index (κ3) is 2.38. The SMILES string of the molecule is Cc1c(C(=O)O)c(C(C)C)nc2cc3c(cc12)OCO3.Cl. The number of carboxylic acids is 1. The molecule has 0 saturated carbocycles. The number of aromatic carboxylic acids is 1. The standard InChI is InChI=1S/C15H15NO4.ClH/c1-7(2)14-13(15(17)18)8(3)9-4-11-12(20-6-19-11)5-10(9)16-14;/h4-5,7H,6H2,1-3H3,(H,17,18);1H. The van der Waals surface area contributed by atoms with Crippen molar-refractivity contribution in [1.82, 2.24) is 4.98 Å². The lowest BCUT2D eigenvalue weighted by molar-refractivity contribution is 0.0694. The monoisotopic (exact) mass is 309 g/mol. The summed E-state index contributed by atoms with van der Waals surface area (Å²) >= 11 is 0. The number of aromatic nitrogens is 1. The predicted octanol–water partition coefficient (Wildman–Crippen LogP) is 3.52. The minimum Gasteiger partial charge on any atom is -0.478 e. The number of carboxylic acid groups (broad SMARTS) is 1. The molecule has 21 heavy (non-hydrogen) atoms. The highest BCUT2D eigenvalue weighted by molar-refractivity contribution is 5.98. The lowest BCUT2D eigenvalue weighted by atomic mass is 9.96. The fourth-order valence-electron chi connectivity index (χ4n) is 2.52. The zero-order valence-electron chi connectivity index (χ0n) is 12.0. The molecule has 0 spiro atoms. The van der Waals surface area contributed by atoms with E-state index in [1.807, 2.05) is 26.8 Å².